The van der Waals surface area contributed by atoms with Gasteiger partial charge >= 0.3 is 0 Å². The molecule has 4 heteroatoms. The van der Waals surface area contributed by atoms with E-state index in [1.165, 1.54) is 12.1 Å². The van der Waals surface area contributed by atoms with Crippen LogP contribution in [0, 0.1) is 5.82 Å². The minimum Gasteiger partial charge on any atom is -0.330 e. The van der Waals surface area contributed by atoms with Crippen LogP contribution >= 0.6 is 0 Å². The molecule has 0 saturated heterocycles. The Labute approximate surface area is 117 Å². The molecule has 0 fully saturated rings. The molecule has 3 N–H and O–H groups in total. The lowest BCUT2D eigenvalue weighted by atomic mass is 9.95. The number of carbonyl (C=O) groups excluding carboxylic acids is 1. The van der Waals surface area contributed by atoms with Crippen molar-refractivity contribution in [2.45, 2.75) is 12.3 Å². The van der Waals surface area contributed by atoms with Gasteiger partial charge in [0.05, 0.1) is 0 Å². The van der Waals surface area contributed by atoms with E-state index in [1.807, 2.05) is 30.3 Å². The van der Waals surface area contributed by atoms with Crippen molar-refractivity contribution in [1.82, 2.24) is 0 Å². The number of nitrogens with two attached hydrogens (primary N) is 1. The molecule has 20 heavy (non-hydrogen) atoms. The predicted molar refractivity (Wildman–Crippen MR) is 77.9 cm³/mol. The summed E-state index contributed by atoms with van der Waals surface area (Å²) in [6.45, 7) is 0.389. The first-order valence-corrected chi connectivity index (χ1v) is 6.49. The lowest BCUT2D eigenvalue weighted by Gasteiger charge is -2.15. The number of hydrogen-bond donors (Lipinski definition) is 2. The number of amides is 1. The minimum atomic E-state index is -0.374. The summed E-state index contributed by atoms with van der Waals surface area (Å²) >= 11 is 0. The molecule has 0 saturated carbocycles. The highest BCUT2D eigenvalue weighted by molar-refractivity contribution is 5.91. The molecule has 0 heterocycles. The molecule has 104 valence electrons. The zero-order valence-electron chi connectivity index (χ0n) is 11.1. The quantitative estimate of drug-likeness (QED) is 0.879. The molecule has 0 aliphatic rings. The molecule has 1 atom stereocenters. The largest absolute Gasteiger partial charge is 0.330 e. The van der Waals surface area contributed by atoms with E-state index < -0.39 is 0 Å². The number of hydrogen-bond acceptors (Lipinski definition) is 2. The minimum absolute atomic E-state index is 0.0373. The van der Waals surface area contributed by atoms with Crippen molar-refractivity contribution in [1.29, 1.82) is 0 Å². The predicted octanol–water partition coefficient (Wildman–Crippen LogP) is 2.90. The highest BCUT2D eigenvalue weighted by Gasteiger charge is 2.14. The molecule has 2 rings (SSSR count). The van der Waals surface area contributed by atoms with Gasteiger partial charge in [-0.25, -0.2) is 4.39 Å². The molecule has 1 unspecified atom stereocenters. The zero-order chi connectivity index (χ0) is 14.4. The van der Waals surface area contributed by atoms with Crippen LogP contribution in [0.5, 0.6) is 0 Å². The van der Waals surface area contributed by atoms with E-state index in [4.69, 9.17) is 5.73 Å². The topological polar surface area (TPSA) is 55.1 Å². The summed E-state index contributed by atoms with van der Waals surface area (Å²) in [5.74, 6) is -0.583. The number of halogens is 1. The van der Waals surface area contributed by atoms with Gasteiger partial charge in [-0.15, -0.1) is 0 Å². The standard InChI is InChI=1S/C16H17FN2O/c17-14-7-4-8-15(10-14)19-16(20)9-13(11-18)12-5-2-1-3-6-12/h1-8,10,13H,9,11,18H2,(H,19,20). The van der Waals surface area contributed by atoms with Crippen LogP contribution in [0.3, 0.4) is 0 Å². The molecule has 0 aliphatic carbocycles. The van der Waals surface area contributed by atoms with Crippen molar-refractivity contribution >= 4 is 11.6 Å². The second-order valence-corrected chi connectivity index (χ2v) is 4.61. The van der Waals surface area contributed by atoms with E-state index in [9.17, 15) is 9.18 Å². The molecule has 1 amide bonds. The van der Waals surface area contributed by atoms with Gasteiger partial charge in [0, 0.05) is 18.0 Å². The first kappa shape index (κ1) is 14.2. The van der Waals surface area contributed by atoms with Gasteiger partial charge in [-0.3, -0.25) is 4.79 Å². The Hall–Kier alpha value is -2.20. The summed E-state index contributed by atoms with van der Waals surface area (Å²) in [6, 6.07) is 15.5. The maximum atomic E-state index is 13.0. The first-order valence-electron chi connectivity index (χ1n) is 6.49. The molecule has 2 aromatic rings. The van der Waals surface area contributed by atoms with E-state index in [0.29, 0.717) is 12.2 Å². The Bertz CT molecular complexity index is 572. The van der Waals surface area contributed by atoms with Crippen LogP contribution < -0.4 is 11.1 Å². The average molecular weight is 272 g/mol. The van der Waals surface area contributed by atoms with Gasteiger partial charge in [-0.1, -0.05) is 36.4 Å². The Kier molecular flexibility index (Phi) is 4.85. The van der Waals surface area contributed by atoms with Crippen molar-refractivity contribution in [2.75, 3.05) is 11.9 Å². The van der Waals surface area contributed by atoms with E-state index in [2.05, 4.69) is 5.32 Å². The van der Waals surface area contributed by atoms with Crippen LogP contribution in [0.2, 0.25) is 0 Å². The normalized spacial score (nSPS) is 11.9. The van der Waals surface area contributed by atoms with Crippen LogP contribution in [-0.4, -0.2) is 12.5 Å². The van der Waals surface area contributed by atoms with E-state index in [0.717, 1.165) is 5.56 Å². The third kappa shape index (κ3) is 3.90. The van der Waals surface area contributed by atoms with Gasteiger partial charge in [0.25, 0.3) is 0 Å². The molecule has 0 spiro atoms. The van der Waals surface area contributed by atoms with Crippen molar-refractivity contribution in [3.63, 3.8) is 0 Å². The van der Waals surface area contributed by atoms with Gasteiger partial charge in [0.15, 0.2) is 0 Å². The Morgan fingerprint density at radius 1 is 1.15 bits per heavy atom. The zero-order valence-corrected chi connectivity index (χ0v) is 11.1. The van der Waals surface area contributed by atoms with E-state index in [-0.39, 0.29) is 24.1 Å². The van der Waals surface area contributed by atoms with E-state index >= 15 is 0 Å². The smallest absolute Gasteiger partial charge is 0.225 e. The lowest BCUT2D eigenvalue weighted by molar-refractivity contribution is -0.116. The van der Waals surface area contributed by atoms with Crippen molar-refractivity contribution in [2.24, 2.45) is 5.73 Å². The van der Waals surface area contributed by atoms with Crippen LogP contribution in [0.4, 0.5) is 10.1 Å². The maximum Gasteiger partial charge on any atom is 0.225 e. The fraction of sp³-hybridized carbons (Fsp3) is 0.188. The Morgan fingerprint density at radius 3 is 2.55 bits per heavy atom. The third-order valence-electron chi connectivity index (χ3n) is 3.10. The monoisotopic (exact) mass is 272 g/mol. The lowest BCUT2D eigenvalue weighted by Crippen LogP contribution is -2.20. The van der Waals surface area contributed by atoms with Crippen LogP contribution in [-0.2, 0) is 4.79 Å². The maximum absolute atomic E-state index is 13.0. The molecule has 0 radical (unpaired) electrons. The van der Waals surface area contributed by atoms with Crippen LogP contribution in [0.25, 0.3) is 0 Å². The summed E-state index contributed by atoms with van der Waals surface area (Å²) < 4.78 is 13.0. The third-order valence-corrected chi connectivity index (χ3v) is 3.10. The first-order chi connectivity index (χ1) is 9.69. The van der Waals surface area contributed by atoms with E-state index in [1.54, 1.807) is 12.1 Å². The SMILES string of the molecule is NCC(CC(=O)Nc1cccc(F)c1)c1ccccc1. The van der Waals surface area contributed by atoms with Crippen molar-refractivity contribution in [3.8, 4) is 0 Å². The Morgan fingerprint density at radius 2 is 1.90 bits per heavy atom. The number of nitrogens with one attached hydrogen (secondary N) is 1. The number of benzene rings is 2. The molecular weight excluding hydrogens is 255 g/mol. The number of anilines is 1. The molecule has 0 bridgehead atoms. The molecular formula is C16H17FN2O. The van der Waals surface area contributed by atoms with Gasteiger partial charge < -0.3 is 11.1 Å². The van der Waals surface area contributed by atoms with Crippen molar-refractivity contribution < 1.29 is 9.18 Å². The second-order valence-electron chi connectivity index (χ2n) is 4.61. The fourth-order valence-electron chi connectivity index (χ4n) is 2.06. The summed E-state index contributed by atoms with van der Waals surface area (Å²) in [4.78, 5) is 12.0. The summed E-state index contributed by atoms with van der Waals surface area (Å²) in [5, 5.41) is 2.68. The molecule has 0 aromatic heterocycles. The van der Waals surface area contributed by atoms with Crippen LogP contribution in [0.15, 0.2) is 54.6 Å². The highest BCUT2D eigenvalue weighted by atomic mass is 19.1. The van der Waals surface area contributed by atoms with Crippen molar-refractivity contribution in [3.05, 3.63) is 66.0 Å². The molecule has 3 nitrogen and oxygen atoms in total. The molecule has 2 aromatic carbocycles. The summed E-state index contributed by atoms with van der Waals surface area (Å²) in [5.41, 5.74) is 7.22. The van der Waals surface area contributed by atoms with Gasteiger partial charge in [0.2, 0.25) is 5.91 Å². The summed E-state index contributed by atoms with van der Waals surface area (Å²) in [7, 11) is 0. The Balaban J connectivity index is 2.00. The fourth-order valence-corrected chi connectivity index (χ4v) is 2.06. The highest BCUT2D eigenvalue weighted by Crippen LogP contribution is 2.19. The second kappa shape index (κ2) is 6.82. The number of carbonyl (C=O) groups is 1. The number of rotatable bonds is 5. The molecule has 0 aliphatic heterocycles. The summed E-state index contributed by atoms with van der Waals surface area (Å²) in [6.07, 6.45) is 0.275. The average Bonchev–Trinajstić information content (AvgIpc) is 2.45. The van der Waals surface area contributed by atoms with Gasteiger partial charge in [-0.05, 0) is 30.3 Å². The van der Waals surface area contributed by atoms with Gasteiger partial charge in [0.1, 0.15) is 5.82 Å². The van der Waals surface area contributed by atoms with Crippen LogP contribution in [0.1, 0.15) is 17.9 Å². The van der Waals surface area contributed by atoms with Gasteiger partial charge in [-0.2, -0.15) is 0 Å².